The predicted octanol–water partition coefficient (Wildman–Crippen LogP) is 1.51. The summed E-state index contributed by atoms with van der Waals surface area (Å²) in [6.45, 7) is 2.93. The maximum Gasteiger partial charge on any atom is 0.247 e. The van der Waals surface area contributed by atoms with Crippen LogP contribution in [0.4, 0.5) is 10.1 Å². The number of thiol groups is 1. The topological polar surface area (TPSA) is 58.2 Å². The second-order valence-electron chi connectivity index (χ2n) is 3.89. The normalized spacial score (nSPS) is 11.8. The highest BCUT2D eigenvalue weighted by molar-refractivity contribution is 7.80. The van der Waals surface area contributed by atoms with Gasteiger partial charge in [0.05, 0.1) is 0 Å². The molecular formula is C12H15FN2O2S. The molecule has 0 aliphatic carbocycles. The summed E-state index contributed by atoms with van der Waals surface area (Å²) in [5.74, 6) is -0.836. The van der Waals surface area contributed by atoms with Gasteiger partial charge in [0.25, 0.3) is 0 Å². The Balaban J connectivity index is 2.73. The van der Waals surface area contributed by atoms with Crippen LogP contribution in [0.15, 0.2) is 18.2 Å². The minimum Gasteiger partial charge on any atom is -0.344 e. The number of hydrogen-bond acceptors (Lipinski definition) is 3. The molecule has 2 N–H and O–H groups in total. The van der Waals surface area contributed by atoms with Gasteiger partial charge in [-0.1, -0.05) is 0 Å². The van der Waals surface area contributed by atoms with Gasteiger partial charge in [0.15, 0.2) is 0 Å². The first-order valence-corrected chi connectivity index (χ1v) is 6.02. The molecule has 0 spiro atoms. The van der Waals surface area contributed by atoms with E-state index in [2.05, 4.69) is 23.3 Å². The van der Waals surface area contributed by atoms with Crippen molar-refractivity contribution in [2.75, 3.05) is 11.1 Å². The number of carbonyl (C=O) groups is 2. The lowest BCUT2D eigenvalue weighted by Crippen LogP contribution is -2.44. The Morgan fingerprint density at radius 3 is 2.61 bits per heavy atom. The Kier molecular flexibility index (Phi) is 5.15. The monoisotopic (exact) mass is 270 g/mol. The molecule has 0 heterocycles. The fourth-order valence-electron chi connectivity index (χ4n) is 1.39. The van der Waals surface area contributed by atoms with Crippen molar-refractivity contribution in [3.63, 3.8) is 0 Å². The van der Waals surface area contributed by atoms with Gasteiger partial charge in [-0.05, 0) is 30.7 Å². The Morgan fingerprint density at radius 1 is 1.44 bits per heavy atom. The molecule has 6 heteroatoms. The van der Waals surface area contributed by atoms with Crippen LogP contribution in [0.5, 0.6) is 0 Å². The van der Waals surface area contributed by atoms with Crippen LogP contribution in [0.25, 0.3) is 0 Å². The summed E-state index contributed by atoms with van der Waals surface area (Å²) in [7, 11) is 0. The Labute approximate surface area is 110 Å². The lowest BCUT2D eigenvalue weighted by molar-refractivity contribution is -0.124. The molecule has 1 aromatic rings. The minimum absolute atomic E-state index is 0.186. The third-order valence-electron chi connectivity index (χ3n) is 2.30. The molecule has 0 saturated carbocycles. The van der Waals surface area contributed by atoms with Crippen LogP contribution in [0, 0.1) is 12.7 Å². The molecule has 0 aliphatic rings. The van der Waals surface area contributed by atoms with E-state index in [1.165, 1.54) is 25.1 Å². The van der Waals surface area contributed by atoms with E-state index in [-0.39, 0.29) is 23.4 Å². The lowest BCUT2D eigenvalue weighted by Gasteiger charge is -2.15. The molecule has 2 amide bonds. The predicted molar refractivity (Wildman–Crippen MR) is 71.2 cm³/mol. The van der Waals surface area contributed by atoms with Gasteiger partial charge < -0.3 is 10.6 Å². The summed E-state index contributed by atoms with van der Waals surface area (Å²) in [6.07, 6.45) is 0. The fraction of sp³-hybridized carbons (Fsp3) is 0.333. The third-order valence-corrected chi connectivity index (χ3v) is 2.67. The van der Waals surface area contributed by atoms with E-state index in [1.807, 2.05) is 0 Å². The summed E-state index contributed by atoms with van der Waals surface area (Å²) in [6, 6.07) is 3.55. The van der Waals surface area contributed by atoms with Gasteiger partial charge in [0, 0.05) is 18.4 Å². The zero-order valence-electron chi connectivity index (χ0n) is 10.2. The van der Waals surface area contributed by atoms with Crippen LogP contribution in [-0.2, 0) is 9.59 Å². The fourth-order valence-corrected chi connectivity index (χ4v) is 1.65. The van der Waals surface area contributed by atoms with Crippen LogP contribution in [0.1, 0.15) is 12.5 Å². The largest absolute Gasteiger partial charge is 0.344 e. The Morgan fingerprint density at radius 2 is 2.11 bits per heavy atom. The summed E-state index contributed by atoms with van der Waals surface area (Å²) >= 11 is 4.00. The van der Waals surface area contributed by atoms with Crippen molar-refractivity contribution in [3.8, 4) is 0 Å². The Bertz CT molecular complexity index is 465. The first-order chi connectivity index (χ1) is 8.43. The second kappa shape index (κ2) is 6.39. The van der Waals surface area contributed by atoms with Crippen molar-refractivity contribution < 1.29 is 14.0 Å². The number of nitrogens with one attached hydrogen (secondary N) is 2. The van der Waals surface area contributed by atoms with E-state index in [9.17, 15) is 14.0 Å². The summed E-state index contributed by atoms with van der Waals surface area (Å²) in [5, 5.41) is 5.07. The molecule has 0 bridgehead atoms. The maximum atomic E-state index is 13.1. The number of hydrogen-bond donors (Lipinski definition) is 3. The van der Waals surface area contributed by atoms with Gasteiger partial charge in [-0.3, -0.25) is 9.59 Å². The van der Waals surface area contributed by atoms with E-state index in [0.29, 0.717) is 11.3 Å². The summed E-state index contributed by atoms with van der Waals surface area (Å²) in [4.78, 5) is 22.7. The number of aryl methyl sites for hydroxylation is 1. The van der Waals surface area contributed by atoms with Crippen LogP contribution in [0.3, 0.4) is 0 Å². The molecule has 0 aliphatic heterocycles. The van der Waals surface area contributed by atoms with Crippen LogP contribution in [-0.4, -0.2) is 23.6 Å². The number of anilines is 1. The number of carbonyl (C=O) groups excluding carboxylic acids is 2. The Hall–Kier alpha value is -1.56. The van der Waals surface area contributed by atoms with Crippen molar-refractivity contribution in [2.24, 2.45) is 0 Å². The number of amides is 2. The highest BCUT2D eigenvalue weighted by atomic mass is 32.1. The maximum absolute atomic E-state index is 13.1. The molecule has 1 unspecified atom stereocenters. The standard InChI is InChI=1S/C12H15FN2O2S/c1-7-5-9(3-4-10(7)13)15-12(17)11(6-18)14-8(2)16/h3-5,11,18H,6H2,1-2H3,(H,14,16)(H,15,17). The summed E-state index contributed by atoms with van der Waals surface area (Å²) in [5.41, 5.74) is 0.922. The molecule has 98 valence electrons. The van der Waals surface area contributed by atoms with Gasteiger partial charge in [0.2, 0.25) is 11.8 Å². The second-order valence-corrected chi connectivity index (χ2v) is 4.25. The molecule has 0 saturated heterocycles. The molecular weight excluding hydrogens is 255 g/mol. The molecule has 0 fully saturated rings. The van der Waals surface area contributed by atoms with Crippen LogP contribution in [0.2, 0.25) is 0 Å². The van der Waals surface area contributed by atoms with E-state index in [1.54, 1.807) is 6.92 Å². The molecule has 0 aromatic heterocycles. The molecule has 18 heavy (non-hydrogen) atoms. The lowest BCUT2D eigenvalue weighted by atomic mass is 10.2. The van der Waals surface area contributed by atoms with Crippen molar-refractivity contribution in [3.05, 3.63) is 29.6 Å². The van der Waals surface area contributed by atoms with Crippen molar-refractivity contribution in [1.82, 2.24) is 5.32 Å². The smallest absolute Gasteiger partial charge is 0.247 e. The van der Waals surface area contributed by atoms with Gasteiger partial charge in [-0.15, -0.1) is 0 Å². The van der Waals surface area contributed by atoms with E-state index >= 15 is 0 Å². The molecule has 0 radical (unpaired) electrons. The summed E-state index contributed by atoms with van der Waals surface area (Å²) < 4.78 is 13.1. The minimum atomic E-state index is -0.712. The van der Waals surface area contributed by atoms with E-state index in [0.717, 1.165) is 0 Å². The molecule has 1 atom stereocenters. The molecule has 1 rings (SSSR count). The first-order valence-electron chi connectivity index (χ1n) is 5.39. The van der Waals surface area contributed by atoms with E-state index < -0.39 is 6.04 Å². The average Bonchev–Trinajstić information content (AvgIpc) is 2.30. The van der Waals surface area contributed by atoms with Crippen molar-refractivity contribution in [1.29, 1.82) is 0 Å². The number of benzene rings is 1. The van der Waals surface area contributed by atoms with E-state index in [4.69, 9.17) is 0 Å². The van der Waals surface area contributed by atoms with Gasteiger partial charge in [-0.25, -0.2) is 4.39 Å². The zero-order valence-corrected chi connectivity index (χ0v) is 11.1. The quantitative estimate of drug-likeness (QED) is 0.726. The van der Waals surface area contributed by atoms with Gasteiger partial charge in [0.1, 0.15) is 11.9 Å². The third kappa shape index (κ3) is 4.03. The van der Waals surface area contributed by atoms with Gasteiger partial charge >= 0.3 is 0 Å². The molecule has 4 nitrogen and oxygen atoms in total. The van der Waals surface area contributed by atoms with Crippen LogP contribution >= 0.6 is 12.6 Å². The van der Waals surface area contributed by atoms with Crippen molar-refractivity contribution >= 4 is 30.1 Å². The number of halogens is 1. The van der Waals surface area contributed by atoms with Crippen molar-refractivity contribution in [2.45, 2.75) is 19.9 Å². The SMILES string of the molecule is CC(=O)NC(CS)C(=O)Nc1ccc(F)c(C)c1. The highest BCUT2D eigenvalue weighted by Crippen LogP contribution is 2.13. The first kappa shape index (κ1) is 14.5. The number of rotatable bonds is 4. The van der Waals surface area contributed by atoms with Gasteiger partial charge in [-0.2, -0.15) is 12.6 Å². The highest BCUT2D eigenvalue weighted by Gasteiger charge is 2.17. The average molecular weight is 270 g/mol. The van der Waals surface area contributed by atoms with Crippen LogP contribution < -0.4 is 10.6 Å². The molecule has 1 aromatic carbocycles. The zero-order chi connectivity index (χ0) is 13.7.